The molecule has 10 nitrogen and oxygen atoms in total. The number of carbonyl (C=O) groups is 3. The van der Waals surface area contributed by atoms with Gasteiger partial charge in [-0.1, -0.05) is 17.3 Å². The van der Waals surface area contributed by atoms with Crippen molar-refractivity contribution in [3.8, 4) is 40.1 Å². The number of halogens is 1. The highest BCUT2D eigenvalue weighted by atomic mass is 19.1. The van der Waals surface area contributed by atoms with Gasteiger partial charge in [-0.25, -0.2) is 9.18 Å². The zero-order chi connectivity index (χ0) is 24.4. The minimum absolute atomic E-state index is 0.149. The fourth-order valence-electron chi connectivity index (χ4n) is 3.23. The van der Waals surface area contributed by atoms with E-state index in [0.29, 0.717) is 17.1 Å². The summed E-state index contributed by atoms with van der Waals surface area (Å²) in [5.41, 5.74) is 0.867. The second-order valence-electron chi connectivity index (χ2n) is 7.31. The lowest BCUT2D eigenvalue weighted by atomic mass is 10.2. The Morgan fingerprint density at radius 1 is 0.800 bits per heavy atom. The second-order valence-corrected chi connectivity index (χ2v) is 7.31. The summed E-state index contributed by atoms with van der Waals surface area (Å²) in [7, 11) is 0. The molecule has 2 heterocycles. The van der Waals surface area contributed by atoms with Gasteiger partial charge in [-0.15, -0.1) is 0 Å². The van der Waals surface area contributed by atoms with Crippen LogP contribution in [-0.2, 0) is 9.59 Å². The Labute approximate surface area is 196 Å². The van der Waals surface area contributed by atoms with Crippen molar-refractivity contribution in [2.24, 2.45) is 0 Å². The summed E-state index contributed by atoms with van der Waals surface area (Å²) < 4.78 is 30.3. The molecular formula is C24H15FN4O6. The largest absolute Gasteiger partial charge is 0.471 e. The van der Waals surface area contributed by atoms with E-state index in [1.165, 1.54) is 18.2 Å². The first-order valence-corrected chi connectivity index (χ1v) is 10.3. The first kappa shape index (κ1) is 21.8. The minimum atomic E-state index is -1.48. The summed E-state index contributed by atoms with van der Waals surface area (Å²) in [6, 6.07) is 18.3. The van der Waals surface area contributed by atoms with Crippen LogP contribution < -0.4 is 20.1 Å². The maximum atomic E-state index is 13.9. The lowest BCUT2D eigenvalue weighted by Crippen LogP contribution is -2.60. The monoisotopic (exact) mass is 474 g/mol. The number of aromatic nitrogens is 2. The van der Waals surface area contributed by atoms with E-state index >= 15 is 0 Å². The summed E-state index contributed by atoms with van der Waals surface area (Å²) in [4.78, 5) is 38.9. The molecule has 0 unspecified atom stereocenters. The molecule has 0 aliphatic carbocycles. The maximum absolute atomic E-state index is 13.9. The van der Waals surface area contributed by atoms with Crippen LogP contribution in [0, 0.1) is 5.82 Å². The van der Waals surface area contributed by atoms with Crippen molar-refractivity contribution in [3.63, 3.8) is 0 Å². The van der Waals surface area contributed by atoms with Crippen LogP contribution in [0.25, 0.3) is 22.8 Å². The molecule has 1 aromatic heterocycles. The van der Waals surface area contributed by atoms with Crippen LogP contribution in [0.2, 0.25) is 0 Å². The van der Waals surface area contributed by atoms with Crippen molar-refractivity contribution >= 4 is 17.8 Å². The molecule has 0 bridgehead atoms. The predicted octanol–water partition coefficient (Wildman–Crippen LogP) is 3.45. The number of hydrogen-bond donors (Lipinski definition) is 2. The summed E-state index contributed by atoms with van der Waals surface area (Å²) in [6.45, 7) is 0. The highest BCUT2D eigenvalue weighted by Gasteiger charge is 2.36. The molecule has 0 radical (unpaired) electrons. The van der Waals surface area contributed by atoms with Crippen LogP contribution in [0.5, 0.6) is 17.2 Å². The third-order valence-corrected chi connectivity index (χ3v) is 4.91. The van der Waals surface area contributed by atoms with Crippen LogP contribution in [0.1, 0.15) is 0 Å². The molecule has 1 fully saturated rings. The molecule has 4 aromatic rings. The van der Waals surface area contributed by atoms with Gasteiger partial charge < -0.3 is 14.0 Å². The minimum Gasteiger partial charge on any atom is -0.471 e. The maximum Gasteiger partial charge on any atom is 0.328 e. The Morgan fingerprint density at radius 2 is 1.40 bits per heavy atom. The number of urea groups is 1. The molecule has 0 saturated carbocycles. The molecule has 4 amide bonds. The molecular weight excluding hydrogens is 459 g/mol. The van der Waals surface area contributed by atoms with Gasteiger partial charge in [-0.2, -0.15) is 4.98 Å². The van der Waals surface area contributed by atoms with Crippen LogP contribution >= 0.6 is 0 Å². The Bertz CT molecular complexity index is 1400. The Balaban J connectivity index is 1.23. The number of imide groups is 2. The SMILES string of the molecule is O=C1NC(=O)C(Oc2ccc(Oc3ccc(-c4nc(-c5ccccc5F)no4)cc3)cc2)C(=O)N1. The molecule has 1 aliphatic heterocycles. The standard InChI is InChI=1S/C24H15FN4O6/c25-18-4-2-1-3-17(18)20-26-23(35-29-20)13-5-7-14(8-6-13)33-15-9-11-16(12-10-15)34-19-21(30)27-24(32)28-22(19)31/h1-12,19H,(H2,27,28,30,31,32). The topological polar surface area (TPSA) is 133 Å². The molecule has 11 heteroatoms. The third-order valence-electron chi connectivity index (χ3n) is 4.91. The number of amides is 4. The van der Waals surface area contributed by atoms with E-state index in [9.17, 15) is 18.8 Å². The Kier molecular flexibility index (Phi) is 5.63. The van der Waals surface area contributed by atoms with Crippen LogP contribution in [0.4, 0.5) is 9.18 Å². The Hall–Kier alpha value is -5.06. The zero-order valence-electron chi connectivity index (χ0n) is 17.7. The molecule has 1 saturated heterocycles. The van der Waals surface area contributed by atoms with Gasteiger partial charge in [0.1, 0.15) is 23.1 Å². The van der Waals surface area contributed by atoms with Gasteiger partial charge in [0.15, 0.2) is 0 Å². The van der Waals surface area contributed by atoms with Gasteiger partial charge >= 0.3 is 6.03 Å². The average molecular weight is 474 g/mol. The van der Waals surface area contributed by atoms with Crippen LogP contribution in [0.3, 0.4) is 0 Å². The van der Waals surface area contributed by atoms with Gasteiger partial charge in [-0.3, -0.25) is 20.2 Å². The molecule has 2 N–H and O–H groups in total. The second kappa shape index (κ2) is 9.06. The molecule has 0 atom stereocenters. The van der Waals surface area contributed by atoms with Crippen molar-refractivity contribution in [1.82, 2.24) is 20.8 Å². The third kappa shape index (κ3) is 4.69. The van der Waals surface area contributed by atoms with Gasteiger partial charge in [0.25, 0.3) is 23.8 Å². The highest BCUT2D eigenvalue weighted by molar-refractivity contribution is 6.18. The van der Waals surface area contributed by atoms with Gasteiger partial charge in [0.05, 0.1) is 5.56 Å². The fraction of sp³-hybridized carbons (Fsp3) is 0.0417. The summed E-state index contributed by atoms with van der Waals surface area (Å²) in [5, 5.41) is 7.76. The molecule has 174 valence electrons. The number of rotatable bonds is 6. The van der Waals surface area contributed by atoms with Crippen molar-refractivity contribution in [2.45, 2.75) is 6.10 Å². The normalized spacial score (nSPS) is 13.8. The van der Waals surface area contributed by atoms with E-state index in [-0.39, 0.29) is 23.0 Å². The Morgan fingerprint density at radius 3 is 2.06 bits per heavy atom. The summed E-state index contributed by atoms with van der Waals surface area (Å²) >= 11 is 0. The number of ether oxygens (including phenoxy) is 2. The van der Waals surface area contributed by atoms with Crippen LogP contribution in [0.15, 0.2) is 77.3 Å². The van der Waals surface area contributed by atoms with Gasteiger partial charge in [-0.05, 0) is 60.7 Å². The van der Waals surface area contributed by atoms with Crippen molar-refractivity contribution < 1.29 is 32.8 Å². The van der Waals surface area contributed by atoms with E-state index in [4.69, 9.17) is 14.0 Å². The zero-order valence-corrected chi connectivity index (χ0v) is 17.7. The number of benzene rings is 3. The smallest absolute Gasteiger partial charge is 0.328 e. The first-order chi connectivity index (χ1) is 17.0. The van der Waals surface area contributed by atoms with Crippen molar-refractivity contribution in [3.05, 3.63) is 78.6 Å². The summed E-state index contributed by atoms with van der Waals surface area (Å²) in [5.74, 6) is -0.537. The highest BCUT2D eigenvalue weighted by Crippen LogP contribution is 2.28. The summed E-state index contributed by atoms with van der Waals surface area (Å²) in [6.07, 6.45) is -1.48. The first-order valence-electron chi connectivity index (χ1n) is 10.3. The van der Waals surface area contributed by atoms with E-state index in [1.807, 2.05) is 10.6 Å². The van der Waals surface area contributed by atoms with E-state index in [2.05, 4.69) is 10.1 Å². The van der Waals surface area contributed by atoms with Gasteiger partial charge in [0.2, 0.25) is 5.82 Å². The van der Waals surface area contributed by atoms with E-state index in [0.717, 1.165) is 0 Å². The van der Waals surface area contributed by atoms with Gasteiger partial charge in [0, 0.05) is 5.56 Å². The average Bonchev–Trinajstić information content (AvgIpc) is 3.33. The number of hydrogen-bond acceptors (Lipinski definition) is 8. The van der Waals surface area contributed by atoms with Crippen LogP contribution in [-0.4, -0.2) is 34.1 Å². The number of nitrogens with one attached hydrogen (secondary N) is 2. The number of barbiturate groups is 1. The van der Waals surface area contributed by atoms with E-state index < -0.39 is 29.8 Å². The number of carbonyl (C=O) groups excluding carboxylic acids is 3. The van der Waals surface area contributed by atoms with Crippen molar-refractivity contribution in [2.75, 3.05) is 0 Å². The molecule has 5 rings (SSSR count). The molecule has 1 aliphatic rings. The lowest BCUT2D eigenvalue weighted by molar-refractivity contribution is -0.139. The number of nitrogens with zero attached hydrogens (tertiary/aromatic N) is 2. The van der Waals surface area contributed by atoms with E-state index in [1.54, 1.807) is 54.6 Å². The predicted molar refractivity (Wildman–Crippen MR) is 118 cm³/mol. The molecule has 0 spiro atoms. The fourth-order valence-corrected chi connectivity index (χ4v) is 3.23. The molecule has 35 heavy (non-hydrogen) atoms. The quantitative estimate of drug-likeness (QED) is 0.406. The molecule has 3 aromatic carbocycles. The lowest BCUT2D eigenvalue weighted by Gasteiger charge is -2.21. The van der Waals surface area contributed by atoms with Crippen molar-refractivity contribution in [1.29, 1.82) is 0 Å².